The highest BCUT2D eigenvalue weighted by molar-refractivity contribution is 5.98. The van der Waals surface area contributed by atoms with Gasteiger partial charge in [-0.2, -0.15) is 0 Å². The summed E-state index contributed by atoms with van der Waals surface area (Å²) in [5, 5.41) is 3.48. The van der Waals surface area contributed by atoms with Gasteiger partial charge in [0.1, 0.15) is 23.0 Å². The molecule has 0 aromatic carbocycles. The van der Waals surface area contributed by atoms with E-state index < -0.39 is 5.66 Å². The zero-order valence-electron chi connectivity index (χ0n) is 14.8. The minimum Gasteiger partial charge on any atom is -0.332 e. The Morgan fingerprint density at radius 3 is 2.43 bits per heavy atom. The molecule has 1 aromatic rings. The molecule has 1 atom stereocenters. The minimum atomic E-state index is -0.613. The molecule has 1 aliphatic carbocycles. The van der Waals surface area contributed by atoms with Gasteiger partial charge in [-0.3, -0.25) is 9.89 Å². The van der Waals surface area contributed by atoms with Gasteiger partial charge in [0, 0.05) is 33.0 Å². The van der Waals surface area contributed by atoms with Gasteiger partial charge < -0.3 is 15.6 Å². The van der Waals surface area contributed by atoms with E-state index in [-0.39, 0.29) is 12.4 Å². The van der Waals surface area contributed by atoms with Crippen LogP contribution in [0.2, 0.25) is 0 Å². The predicted octanol–water partition coefficient (Wildman–Crippen LogP) is 2.29. The number of hydrogen-bond donors (Lipinski definition) is 2. The van der Waals surface area contributed by atoms with E-state index in [9.17, 15) is 0 Å². The van der Waals surface area contributed by atoms with Crippen LogP contribution in [0, 0.1) is 5.92 Å². The van der Waals surface area contributed by atoms with E-state index in [0.717, 1.165) is 36.1 Å². The fourth-order valence-corrected chi connectivity index (χ4v) is 4.00. The molecular formula is C16H29ClN6. The van der Waals surface area contributed by atoms with Crippen molar-refractivity contribution >= 4 is 24.2 Å². The number of guanidine groups is 1. The Hall–Kier alpha value is -1.27. The topological polar surface area (TPSA) is 71.5 Å². The molecule has 3 N–H and O–H groups in total. The number of nitrogens with one attached hydrogen (secondary N) is 1. The van der Waals surface area contributed by atoms with Crippen LogP contribution >= 0.6 is 12.4 Å². The number of hydrogen-bond acceptors (Lipinski definition) is 3. The second-order valence-electron chi connectivity index (χ2n) is 6.94. The zero-order chi connectivity index (χ0) is 16.1. The van der Waals surface area contributed by atoms with E-state index in [1.807, 2.05) is 7.05 Å². The highest BCUT2D eigenvalue weighted by Crippen LogP contribution is 2.43. The SMILES string of the molecule is CN=C1NC(N)(C2CCCC2)c2nc(C(C)C)n(C)c2N1C.Cl. The molecule has 1 aliphatic heterocycles. The Morgan fingerprint density at radius 1 is 1.30 bits per heavy atom. The van der Waals surface area contributed by atoms with Gasteiger partial charge in [0.25, 0.3) is 0 Å². The molecule has 7 heteroatoms. The molecule has 6 nitrogen and oxygen atoms in total. The van der Waals surface area contributed by atoms with Gasteiger partial charge >= 0.3 is 0 Å². The van der Waals surface area contributed by atoms with Crippen molar-refractivity contribution in [2.45, 2.75) is 51.1 Å². The second kappa shape index (κ2) is 6.32. The van der Waals surface area contributed by atoms with E-state index in [4.69, 9.17) is 10.7 Å². The monoisotopic (exact) mass is 340 g/mol. The first-order valence-corrected chi connectivity index (χ1v) is 8.24. The number of nitrogens with zero attached hydrogens (tertiary/aromatic N) is 4. The van der Waals surface area contributed by atoms with Crippen LogP contribution in [0.25, 0.3) is 0 Å². The largest absolute Gasteiger partial charge is 0.332 e. The van der Waals surface area contributed by atoms with Crippen LogP contribution in [0.5, 0.6) is 0 Å². The van der Waals surface area contributed by atoms with Gasteiger partial charge in [-0.25, -0.2) is 4.98 Å². The van der Waals surface area contributed by atoms with Crippen LogP contribution in [-0.2, 0) is 12.7 Å². The van der Waals surface area contributed by atoms with Gasteiger partial charge in [0.05, 0.1) is 0 Å². The lowest BCUT2D eigenvalue weighted by molar-refractivity contribution is 0.243. The summed E-state index contributed by atoms with van der Waals surface area (Å²) in [6.45, 7) is 4.34. The number of fused-ring (bicyclic) bond motifs is 1. The van der Waals surface area contributed by atoms with E-state index in [0.29, 0.717) is 11.8 Å². The van der Waals surface area contributed by atoms with Gasteiger partial charge in [-0.15, -0.1) is 12.4 Å². The second-order valence-corrected chi connectivity index (χ2v) is 6.94. The number of rotatable bonds is 2. The fraction of sp³-hybridized carbons (Fsp3) is 0.750. The summed E-state index contributed by atoms with van der Waals surface area (Å²) < 4.78 is 2.17. The molecule has 2 aliphatic rings. The number of anilines is 1. The van der Waals surface area contributed by atoms with Crippen LogP contribution in [0.4, 0.5) is 5.82 Å². The minimum absolute atomic E-state index is 0. The molecule has 2 heterocycles. The van der Waals surface area contributed by atoms with Crippen molar-refractivity contribution in [2.24, 2.45) is 23.7 Å². The summed E-state index contributed by atoms with van der Waals surface area (Å²) in [5.74, 6) is 3.73. The Morgan fingerprint density at radius 2 is 1.91 bits per heavy atom. The molecule has 1 saturated carbocycles. The number of imidazole rings is 1. The summed E-state index contributed by atoms with van der Waals surface area (Å²) in [5.41, 5.74) is 7.25. The zero-order valence-corrected chi connectivity index (χ0v) is 15.6. The summed E-state index contributed by atoms with van der Waals surface area (Å²) in [7, 11) is 5.90. The molecule has 130 valence electrons. The lowest BCUT2D eigenvalue weighted by Crippen LogP contribution is -2.64. The number of halogens is 1. The van der Waals surface area contributed by atoms with E-state index in [2.05, 4.69) is 40.7 Å². The standard InChI is InChI=1S/C16H28N6.ClH/c1-10(2)13-19-12-14(21(13)4)22(5)15(18-3)20-16(12,17)11-8-6-7-9-11;/h10-11H,6-9,17H2,1-5H3,(H,18,20);1H. The number of aromatic nitrogens is 2. The first-order valence-electron chi connectivity index (χ1n) is 8.24. The van der Waals surface area contributed by atoms with E-state index >= 15 is 0 Å². The quantitative estimate of drug-likeness (QED) is 0.866. The third kappa shape index (κ3) is 2.62. The van der Waals surface area contributed by atoms with Gasteiger partial charge in [0.15, 0.2) is 0 Å². The predicted molar refractivity (Wildman–Crippen MR) is 97.3 cm³/mol. The van der Waals surface area contributed by atoms with E-state index in [1.54, 1.807) is 7.05 Å². The Labute approximate surface area is 145 Å². The lowest BCUT2D eigenvalue weighted by Gasteiger charge is -2.43. The summed E-state index contributed by atoms with van der Waals surface area (Å²) in [6, 6.07) is 0. The van der Waals surface area contributed by atoms with Crippen molar-refractivity contribution in [3.63, 3.8) is 0 Å². The van der Waals surface area contributed by atoms with Crippen molar-refractivity contribution in [3.05, 3.63) is 11.5 Å². The first-order chi connectivity index (χ1) is 10.4. The van der Waals surface area contributed by atoms with Crippen molar-refractivity contribution < 1.29 is 0 Å². The molecule has 1 unspecified atom stereocenters. The Bertz CT molecular complexity index is 602. The first kappa shape index (κ1) is 18.1. The van der Waals surface area contributed by atoms with E-state index in [1.165, 1.54) is 12.8 Å². The average Bonchev–Trinajstić information content (AvgIpc) is 3.11. The maximum Gasteiger partial charge on any atom is 0.200 e. The molecule has 0 bridgehead atoms. The van der Waals surface area contributed by atoms with Crippen LogP contribution in [-0.4, -0.2) is 29.6 Å². The summed E-state index contributed by atoms with van der Waals surface area (Å²) in [6.07, 6.45) is 4.80. The lowest BCUT2D eigenvalue weighted by atomic mass is 9.87. The maximum absolute atomic E-state index is 6.89. The molecule has 1 fully saturated rings. The highest BCUT2D eigenvalue weighted by atomic mass is 35.5. The van der Waals surface area contributed by atoms with Crippen LogP contribution < -0.4 is 16.0 Å². The average molecular weight is 341 g/mol. The van der Waals surface area contributed by atoms with Crippen molar-refractivity contribution in [2.75, 3.05) is 19.0 Å². The third-order valence-electron chi connectivity index (χ3n) is 5.17. The summed E-state index contributed by atoms with van der Waals surface area (Å²) in [4.78, 5) is 11.4. The normalized spacial score (nSPS) is 26.4. The van der Waals surface area contributed by atoms with Gasteiger partial charge in [-0.05, 0) is 12.8 Å². The van der Waals surface area contributed by atoms with Gasteiger partial charge in [0.2, 0.25) is 5.96 Å². The fourth-order valence-electron chi connectivity index (χ4n) is 4.00. The number of nitrogens with two attached hydrogens (primary N) is 1. The molecule has 23 heavy (non-hydrogen) atoms. The maximum atomic E-state index is 6.89. The van der Waals surface area contributed by atoms with Crippen molar-refractivity contribution in [1.82, 2.24) is 14.9 Å². The molecule has 0 spiro atoms. The van der Waals surface area contributed by atoms with Crippen molar-refractivity contribution in [1.29, 1.82) is 0 Å². The Kier molecular flexibility index (Phi) is 4.97. The molecule has 3 rings (SSSR count). The number of aliphatic imine (C=N–C) groups is 1. The van der Waals surface area contributed by atoms with Crippen LogP contribution in [0.15, 0.2) is 4.99 Å². The van der Waals surface area contributed by atoms with Crippen molar-refractivity contribution in [3.8, 4) is 0 Å². The molecule has 0 radical (unpaired) electrons. The molecule has 1 aromatic heterocycles. The van der Waals surface area contributed by atoms with Gasteiger partial charge in [-0.1, -0.05) is 26.7 Å². The summed E-state index contributed by atoms with van der Waals surface area (Å²) >= 11 is 0. The highest BCUT2D eigenvalue weighted by Gasteiger charge is 2.47. The van der Waals surface area contributed by atoms with Crippen LogP contribution in [0.1, 0.15) is 57.0 Å². The smallest absolute Gasteiger partial charge is 0.200 e. The molecule has 0 amide bonds. The Balaban J connectivity index is 0.00000192. The molecule has 0 saturated heterocycles. The third-order valence-corrected chi connectivity index (χ3v) is 5.17. The molecular weight excluding hydrogens is 312 g/mol. The van der Waals surface area contributed by atoms with Crippen LogP contribution in [0.3, 0.4) is 0 Å².